The van der Waals surface area contributed by atoms with Crippen LogP contribution in [0.3, 0.4) is 0 Å². The van der Waals surface area contributed by atoms with Crippen molar-refractivity contribution in [2.75, 3.05) is 36.4 Å². The molecule has 0 bridgehead atoms. The molecule has 1 saturated heterocycles. The van der Waals surface area contributed by atoms with E-state index in [-0.39, 0.29) is 11.8 Å². The standard InChI is InChI=1S/C27H28ClN3O3/c1-27(2,34-22-11-7-4-8-12-22)26(33)29-21-13-14-24(23(28)19-21)30-15-17-31(18-16-30)25(32)20-9-5-3-6-10-20/h3-14,19H,15-18H2,1-2H3,(H,29,33). The molecule has 1 aliphatic rings. The van der Waals surface area contributed by atoms with Gasteiger partial charge in [-0.05, 0) is 56.3 Å². The highest BCUT2D eigenvalue weighted by molar-refractivity contribution is 6.33. The maximum absolute atomic E-state index is 12.8. The molecule has 1 heterocycles. The normalized spacial score (nSPS) is 14.0. The Bertz CT molecular complexity index is 1140. The average molecular weight is 478 g/mol. The van der Waals surface area contributed by atoms with Crippen LogP contribution in [0, 0.1) is 0 Å². The first kappa shape index (κ1) is 23.6. The average Bonchev–Trinajstić information content (AvgIpc) is 2.85. The van der Waals surface area contributed by atoms with E-state index in [4.69, 9.17) is 16.3 Å². The van der Waals surface area contributed by atoms with E-state index in [1.165, 1.54) is 0 Å². The summed E-state index contributed by atoms with van der Waals surface area (Å²) in [5, 5.41) is 3.44. The van der Waals surface area contributed by atoms with E-state index in [1.807, 2.05) is 77.7 Å². The van der Waals surface area contributed by atoms with Crippen molar-refractivity contribution in [3.8, 4) is 5.75 Å². The minimum atomic E-state index is -1.06. The van der Waals surface area contributed by atoms with E-state index in [0.29, 0.717) is 48.2 Å². The monoisotopic (exact) mass is 477 g/mol. The number of rotatable bonds is 6. The van der Waals surface area contributed by atoms with Crippen molar-refractivity contribution in [1.82, 2.24) is 4.90 Å². The summed E-state index contributed by atoms with van der Waals surface area (Å²) in [6.45, 7) is 6.05. The van der Waals surface area contributed by atoms with E-state index in [2.05, 4.69) is 10.2 Å². The van der Waals surface area contributed by atoms with Crippen molar-refractivity contribution in [3.05, 3.63) is 89.4 Å². The van der Waals surface area contributed by atoms with Crippen LogP contribution >= 0.6 is 11.6 Å². The minimum Gasteiger partial charge on any atom is -0.478 e. The Morgan fingerprint density at radius 3 is 2.12 bits per heavy atom. The number of hydrogen-bond acceptors (Lipinski definition) is 4. The second-order valence-electron chi connectivity index (χ2n) is 8.69. The molecule has 0 aromatic heterocycles. The smallest absolute Gasteiger partial charge is 0.267 e. The summed E-state index contributed by atoms with van der Waals surface area (Å²) in [4.78, 5) is 29.5. The molecule has 0 saturated carbocycles. The van der Waals surface area contributed by atoms with Gasteiger partial charge in [0.1, 0.15) is 5.75 Å². The third-order valence-corrected chi connectivity index (χ3v) is 6.10. The van der Waals surface area contributed by atoms with Gasteiger partial charge in [0.25, 0.3) is 11.8 Å². The molecule has 0 atom stereocenters. The van der Waals surface area contributed by atoms with Crippen molar-refractivity contribution < 1.29 is 14.3 Å². The Kier molecular flexibility index (Phi) is 7.08. The first-order valence-electron chi connectivity index (χ1n) is 11.3. The highest BCUT2D eigenvalue weighted by Gasteiger charge is 2.30. The fourth-order valence-electron chi connectivity index (χ4n) is 3.87. The zero-order valence-corrected chi connectivity index (χ0v) is 20.1. The maximum atomic E-state index is 12.8. The first-order chi connectivity index (χ1) is 16.3. The molecule has 1 fully saturated rings. The molecule has 34 heavy (non-hydrogen) atoms. The molecule has 4 rings (SSSR count). The number of carbonyl (C=O) groups is 2. The van der Waals surface area contributed by atoms with Crippen LogP contribution in [0.15, 0.2) is 78.9 Å². The summed E-state index contributed by atoms with van der Waals surface area (Å²) in [6.07, 6.45) is 0. The van der Waals surface area contributed by atoms with Gasteiger partial charge in [-0.2, -0.15) is 0 Å². The molecule has 7 heteroatoms. The second-order valence-corrected chi connectivity index (χ2v) is 9.10. The summed E-state index contributed by atoms with van der Waals surface area (Å²) < 4.78 is 5.86. The number of anilines is 2. The maximum Gasteiger partial charge on any atom is 0.267 e. The molecule has 0 aliphatic carbocycles. The van der Waals surface area contributed by atoms with Gasteiger partial charge in [-0.15, -0.1) is 0 Å². The summed E-state index contributed by atoms with van der Waals surface area (Å²) in [5.74, 6) is 0.402. The third-order valence-electron chi connectivity index (χ3n) is 5.80. The number of hydrogen-bond donors (Lipinski definition) is 1. The van der Waals surface area contributed by atoms with Crippen LogP contribution in [0.4, 0.5) is 11.4 Å². The number of benzene rings is 3. The largest absolute Gasteiger partial charge is 0.478 e. The summed E-state index contributed by atoms with van der Waals surface area (Å²) in [6, 6.07) is 24.0. The van der Waals surface area contributed by atoms with Crippen LogP contribution in [-0.4, -0.2) is 48.5 Å². The van der Waals surface area contributed by atoms with E-state index in [0.717, 1.165) is 5.69 Å². The number of nitrogens with zero attached hydrogens (tertiary/aromatic N) is 2. The predicted octanol–water partition coefficient (Wildman–Crippen LogP) is 5.10. The zero-order valence-electron chi connectivity index (χ0n) is 19.3. The minimum absolute atomic E-state index is 0.0461. The van der Waals surface area contributed by atoms with Gasteiger partial charge in [-0.1, -0.05) is 48.0 Å². The van der Waals surface area contributed by atoms with Gasteiger partial charge in [0.05, 0.1) is 10.7 Å². The van der Waals surface area contributed by atoms with Gasteiger partial charge in [0, 0.05) is 37.4 Å². The van der Waals surface area contributed by atoms with Crippen LogP contribution in [0.2, 0.25) is 5.02 Å². The number of amides is 2. The van der Waals surface area contributed by atoms with E-state index in [1.54, 1.807) is 19.9 Å². The van der Waals surface area contributed by atoms with Crippen molar-refractivity contribution in [2.45, 2.75) is 19.4 Å². The Hall–Kier alpha value is -3.51. The quantitative estimate of drug-likeness (QED) is 0.536. The summed E-state index contributed by atoms with van der Waals surface area (Å²) in [5.41, 5.74) is 1.12. The van der Waals surface area contributed by atoms with E-state index in [9.17, 15) is 9.59 Å². The van der Waals surface area contributed by atoms with Gasteiger partial charge in [-0.3, -0.25) is 9.59 Å². The number of nitrogens with one attached hydrogen (secondary N) is 1. The highest BCUT2D eigenvalue weighted by Crippen LogP contribution is 2.30. The second kappa shape index (κ2) is 10.2. The molecule has 0 radical (unpaired) electrons. The van der Waals surface area contributed by atoms with Gasteiger partial charge in [0.15, 0.2) is 5.60 Å². The number of piperazine rings is 1. The van der Waals surface area contributed by atoms with Gasteiger partial charge in [0.2, 0.25) is 0 Å². The molecule has 3 aromatic carbocycles. The first-order valence-corrected chi connectivity index (χ1v) is 11.7. The van der Waals surface area contributed by atoms with Gasteiger partial charge < -0.3 is 19.9 Å². The lowest BCUT2D eigenvalue weighted by Crippen LogP contribution is -2.48. The topological polar surface area (TPSA) is 61.9 Å². The summed E-state index contributed by atoms with van der Waals surface area (Å²) in [7, 11) is 0. The Morgan fingerprint density at radius 2 is 1.50 bits per heavy atom. The molecule has 0 unspecified atom stereocenters. The predicted molar refractivity (Wildman–Crippen MR) is 136 cm³/mol. The van der Waals surface area contributed by atoms with E-state index >= 15 is 0 Å². The molecule has 6 nitrogen and oxygen atoms in total. The molecule has 3 aromatic rings. The van der Waals surface area contributed by atoms with Crippen molar-refractivity contribution in [3.63, 3.8) is 0 Å². The van der Waals surface area contributed by atoms with Crippen LogP contribution < -0.4 is 15.0 Å². The van der Waals surface area contributed by atoms with Gasteiger partial charge >= 0.3 is 0 Å². The SMILES string of the molecule is CC(C)(Oc1ccccc1)C(=O)Nc1ccc(N2CCN(C(=O)c3ccccc3)CC2)c(Cl)c1. The molecular formula is C27H28ClN3O3. The van der Waals surface area contributed by atoms with Crippen LogP contribution in [0.5, 0.6) is 5.75 Å². The van der Waals surface area contributed by atoms with E-state index < -0.39 is 5.60 Å². The molecule has 1 aliphatic heterocycles. The van der Waals surface area contributed by atoms with Crippen LogP contribution in [0.25, 0.3) is 0 Å². The third kappa shape index (κ3) is 5.51. The zero-order chi connectivity index (χ0) is 24.1. The van der Waals surface area contributed by atoms with Crippen molar-refractivity contribution >= 4 is 34.8 Å². The van der Waals surface area contributed by atoms with Crippen LogP contribution in [0.1, 0.15) is 24.2 Å². The lowest BCUT2D eigenvalue weighted by atomic mass is 10.1. The van der Waals surface area contributed by atoms with Crippen LogP contribution in [-0.2, 0) is 4.79 Å². The Labute approximate surface area is 205 Å². The number of para-hydroxylation sites is 1. The number of halogens is 1. The molecule has 0 spiro atoms. The fraction of sp³-hybridized carbons (Fsp3) is 0.259. The van der Waals surface area contributed by atoms with Crippen molar-refractivity contribution in [2.24, 2.45) is 0 Å². The molecule has 1 N–H and O–H groups in total. The highest BCUT2D eigenvalue weighted by atomic mass is 35.5. The van der Waals surface area contributed by atoms with Crippen molar-refractivity contribution in [1.29, 1.82) is 0 Å². The lowest BCUT2D eigenvalue weighted by Gasteiger charge is -2.36. The van der Waals surface area contributed by atoms with Gasteiger partial charge in [-0.25, -0.2) is 0 Å². The number of ether oxygens (including phenoxy) is 1. The number of carbonyl (C=O) groups excluding carboxylic acids is 2. The molecule has 2 amide bonds. The lowest BCUT2D eigenvalue weighted by molar-refractivity contribution is -0.128. The molecule has 176 valence electrons. The Morgan fingerprint density at radius 1 is 0.882 bits per heavy atom. The summed E-state index contributed by atoms with van der Waals surface area (Å²) >= 11 is 6.58. The fourth-order valence-corrected chi connectivity index (χ4v) is 4.17. The molecular weight excluding hydrogens is 450 g/mol. The Balaban J connectivity index is 1.36.